The van der Waals surface area contributed by atoms with E-state index >= 15 is 0 Å². The Morgan fingerprint density at radius 2 is 1.73 bits per heavy atom. The molecule has 33 heavy (non-hydrogen) atoms. The van der Waals surface area contributed by atoms with Crippen LogP contribution in [0.2, 0.25) is 0 Å². The van der Waals surface area contributed by atoms with Crippen LogP contribution in [0.15, 0.2) is 77.7 Å². The third-order valence-corrected chi connectivity index (χ3v) is 7.40. The molecule has 8 heteroatoms. The number of anilines is 1. The minimum Gasteiger partial charge on any atom is -0.497 e. The molecule has 1 amide bonds. The molecule has 0 saturated heterocycles. The summed E-state index contributed by atoms with van der Waals surface area (Å²) in [6.07, 6.45) is -0.999. The molecule has 172 valence electrons. The van der Waals surface area contributed by atoms with Gasteiger partial charge in [0.25, 0.3) is 15.9 Å². The molecule has 0 spiro atoms. The summed E-state index contributed by atoms with van der Waals surface area (Å²) in [6, 6.07) is 20.6. The molecule has 0 bridgehead atoms. The van der Waals surface area contributed by atoms with E-state index < -0.39 is 22.0 Å². The van der Waals surface area contributed by atoms with Crippen molar-refractivity contribution in [1.29, 1.82) is 0 Å². The van der Waals surface area contributed by atoms with Gasteiger partial charge in [0.2, 0.25) is 0 Å². The number of carbonyl (C=O) groups is 1. The highest BCUT2D eigenvalue weighted by Crippen LogP contribution is 2.37. The molecule has 1 N–H and O–H groups in total. The second-order valence-electron chi connectivity index (χ2n) is 7.93. The summed E-state index contributed by atoms with van der Waals surface area (Å²) in [4.78, 5) is 13.2. The van der Waals surface area contributed by atoms with Gasteiger partial charge in [0.15, 0.2) is 6.10 Å². The predicted molar refractivity (Wildman–Crippen MR) is 126 cm³/mol. The molecule has 0 saturated carbocycles. The first-order valence-electron chi connectivity index (χ1n) is 10.6. The molecule has 1 aliphatic heterocycles. The predicted octanol–water partition coefficient (Wildman–Crippen LogP) is 3.84. The standard InChI is InChI=1S/C25H26N2O5S/c1-17-8-14-21(15-9-17)33(29,30)27-16-24(32-23-7-5-4-6-22(23)27)25(28)26-18(2)19-10-12-20(31-3)13-11-19/h4-15,18,24H,16H2,1-3H3,(H,26,28)/t18-,24+/m1/s1. The molecule has 0 aliphatic carbocycles. The first-order chi connectivity index (χ1) is 15.8. The monoisotopic (exact) mass is 466 g/mol. The molecular formula is C25H26N2O5S. The maximum Gasteiger partial charge on any atom is 0.264 e. The Morgan fingerprint density at radius 3 is 2.39 bits per heavy atom. The van der Waals surface area contributed by atoms with Crippen LogP contribution in [0.5, 0.6) is 11.5 Å². The Hall–Kier alpha value is -3.52. The van der Waals surface area contributed by atoms with Crippen LogP contribution in [-0.4, -0.2) is 34.1 Å². The van der Waals surface area contributed by atoms with Crippen molar-refractivity contribution in [3.05, 3.63) is 83.9 Å². The molecule has 7 nitrogen and oxygen atoms in total. The van der Waals surface area contributed by atoms with Crippen molar-refractivity contribution in [3.63, 3.8) is 0 Å². The second-order valence-corrected chi connectivity index (χ2v) is 9.79. The smallest absolute Gasteiger partial charge is 0.264 e. The van der Waals surface area contributed by atoms with Crippen LogP contribution in [0.25, 0.3) is 0 Å². The normalized spacial score (nSPS) is 16.3. The first-order valence-corrected chi connectivity index (χ1v) is 12.0. The van der Waals surface area contributed by atoms with Gasteiger partial charge in [-0.15, -0.1) is 0 Å². The number of hydrogen-bond donors (Lipinski definition) is 1. The summed E-state index contributed by atoms with van der Waals surface area (Å²) in [6.45, 7) is 3.62. The van der Waals surface area contributed by atoms with Crippen LogP contribution in [0, 0.1) is 6.92 Å². The Bertz CT molecular complexity index is 1240. The number of carbonyl (C=O) groups excluding carboxylic acids is 1. The molecule has 1 aliphatic rings. The minimum atomic E-state index is -3.89. The lowest BCUT2D eigenvalue weighted by Crippen LogP contribution is -2.51. The highest BCUT2D eigenvalue weighted by molar-refractivity contribution is 7.92. The molecule has 3 aromatic carbocycles. The number of nitrogens with one attached hydrogen (secondary N) is 1. The number of sulfonamides is 1. The van der Waals surface area contributed by atoms with Crippen molar-refractivity contribution >= 4 is 21.6 Å². The summed E-state index contributed by atoms with van der Waals surface area (Å²) in [7, 11) is -2.30. The Labute approximate surface area is 194 Å². The summed E-state index contributed by atoms with van der Waals surface area (Å²) >= 11 is 0. The lowest BCUT2D eigenvalue weighted by atomic mass is 10.1. The summed E-state index contributed by atoms with van der Waals surface area (Å²) in [5.74, 6) is 0.676. The van der Waals surface area contributed by atoms with E-state index in [1.54, 1.807) is 55.6 Å². The number of para-hydroxylation sites is 2. The topological polar surface area (TPSA) is 84.9 Å². The average molecular weight is 467 g/mol. The van der Waals surface area contributed by atoms with E-state index in [0.717, 1.165) is 16.9 Å². The number of methoxy groups -OCH3 is 1. The SMILES string of the molecule is COc1ccc([C@@H](C)NC(=O)[C@@H]2CN(S(=O)(=O)c3ccc(C)cc3)c3ccccc3O2)cc1. The highest BCUT2D eigenvalue weighted by atomic mass is 32.2. The third kappa shape index (κ3) is 4.66. The first kappa shape index (κ1) is 22.7. The number of benzene rings is 3. The van der Waals surface area contributed by atoms with Gasteiger partial charge in [-0.05, 0) is 55.8 Å². The van der Waals surface area contributed by atoms with E-state index in [1.807, 2.05) is 38.1 Å². The van der Waals surface area contributed by atoms with Crippen molar-refractivity contribution < 1.29 is 22.7 Å². The van der Waals surface area contributed by atoms with E-state index in [9.17, 15) is 13.2 Å². The van der Waals surface area contributed by atoms with Crippen LogP contribution in [0.4, 0.5) is 5.69 Å². The molecule has 1 heterocycles. The summed E-state index contributed by atoms with van der Waals surface area (Å²) in [5, 5.41) is 2.93. The summed E-state index contributed by atoms with van der Waals surface area (Å²) < 4.78 is 39.3. The number of rotatable bonds is 6. The zero-order chi connectivity index (χ0) is 23.6. The van der Waals surface area contributed by atoms with Crippen LogP contribution in [0.1, 0.15) is 24.1 Å². The number of ether oxygens (including phenoxy) is 2. The third-order valence-electron chi connectivity index (χ3n) is 5.61. The van der Waals surface area contributed by atoms with Gasteiger partial charge in [-0.2, -0.15) is 0 Å². The molecule has 0 fully saturated rings. The fourth-order valence-electron chi connectivity index (χ4n) is 3.69. The van der Waals surface area contributed by atoms with Crippen LogP contribution < -0.4 is 19.1 Å². The summed E-state index contributed by atoms with van der Waals surface area (Å²) in [5.41, 5.74) is 2.26. The van der Waals surface area contributed by atoms with Crippen LogP contribution in [0.3, 0.4) is 0 Å². The van der Waals surface area contributed by atoms with E-state index in [-0.39, 0.29) is 17.5 Å². The van der Waals surface area contributed by atoms with E-state index in [4.69, 9.17) is 9.47 Å². The number of nitrogens with zero attached hydrogens (tertiary/aromatic N) is 1. The van der Waals surface area contributed by atoms with Gasteiger partial charge in [0.1, 0.15) is 11.5 Å². The molecule has 4 rings (SSSR count). The van der Waals surface area contributed by atoms with E-state index in [2.05, 4.69) is 5.32 Å². The molecule has 0 radical (unpaired) electrons. The largest absolute Gasteiger partial charge is 0.497 e. The Morgan fingerprint density at radius 1 is 1.06 bits per heavy atom. The van der Waals surface area contributed by atoms with Gasteiger partial charge in [-0.25, -0.2) is 8.42 Å². The van der Waals surface area contributed by atoms with Crippen LogP contribution >= 0.6 is 0 Å². The van der Waals surface area contributed by atoms with Crippen LogP contribution in [-0.2, 0) is 14.8 Å². The van der Waals surface area contributed by atoms with Gasteiger partial charge in [0, 0.05) is 0 Å². The van der Waals surface area contributed by atoms with E-state index in [1.165, 1.54) is 4.31 Å². The van der Waals surface area contributed by atoms with Crippen molar-refractivity contribution in [1.82, 2.24) is 5.32 Å². The van der Waals surface area contributed by atoms with Crippen molar-refractivity contribution in [2.45, 2.75) is 30.9 Å². The molecule has 3 aromatic rings. The zero-order valence-electron chi connectivity index (χ0n) is 18.7. The molecule has 0 unspecified atom stereocenters. The molecule has 2 atom stereocenters. The van der Waals surface area contributed by atoms with Gasteiger partial charge in [0.05, 0.1) is 30.3 Å². The van der Waals surface area contributed by atoms with E-state index in [0.29, 0.717) is 11.4 Å². The number of fused-ring (bicyclic) bond motifs is 1. The molecular weight excluding hydrogens is 440 g/mol. The fraction of sp³-hybridized carbons (Fsp3) is 0.240. The lowest BCUT2D eigenvalue weighted by Gasteiger charge is -2.35. The van der Waals surface area contributed by atoms with Crippen molar-refractivity contribution in [2.24, 2.45) is 0 Å². The Kier molecular flexibility index (Phi) is 6.29. The van der Waals surface area contributed by atoms with Gasteiger partial charge < -0.3 is 14.8 Å². The van der Waals surface area contributed by atoms with Crippen molar-refractivity contribution in [2.75, 3.05) is 18.0 Å². The minimum absolute atomic E-state index is 0.131. The van der Waals surface area contributed by atoms with Gasteiger partial charge in [-0.3, -0.25) is 9.10 Å². The fourth-order valence-corrected chi connectivity index (χ4v) is 5.16. The zero-order valence-corrected chi connectivity index (χ0v) is 19.5. The van der Waals surface area contributed by atoms with Gasteiger partial charge in [-0.1, -0.05) is 42.0 Å². The maximum atomic E-state index is 13.5. The highest BCUT2D eigenvalue weighted by Gasteiger charge is 2.37. The number of aryl methyl sites for hydroxylation is 1. The number of amides is 1. The molecule has 0 aromatic heterocycles. The lowest BCUT2D eigenvalue weighted by molar-refractivity contribution is -0.128. The Balaban J connectivity index is 1.59. The second kappa shape index (κ2) is 9.15. The van der Waals surface area contributed by atoms with Gasteiger partial charge >= 0.3 is 0 Å². The quantitative estimate of drug-likeness (QED) is 0.597. The maximum absolute atomic E-state index is 13.5. The number of hydrogen-bond acceptors (Lipinski definition) is 5. The average Bonchev–Trinajstić information content (AvgIpc) is 2.83. The van der Waals surface area contributed by atoms with Crippen molar-refractivity contribution in [3.8, 4) is 11.5 Å².